The molecular formula is C18H19F3N2O3S. The van der Waals surface area contributed by atoms with Crippen LogP contribution in [0.3, 0.4) is 0 Å². The summed E-state index contributed by atoms with van der Waals surface area (Å²) in [7, 11) is 4.51. The summed E-state index contributed by atoms with van der Waals surface area (Å²) in [5.41, 5.74) is 0.224. The fourth-order valence-electron chi connectivity index (χ4n) is 2.43. The zero-order valence-electron chi connectivity index (χ0n) is 14.9. The summed E-state index contributed by atoms with van der Waals surface area (Å²) in [4.78, 5) is 0. The van der Waals surface area contributed by atoms with Gasteiger partial charge in [-0.05, 0) is 42.5 Å². The molecule has 0 fully saturated rings. The average molecular weight is 400 g/mol. The Kier molecular flexibility index (Phi) is 6.73. The van der Waals surface area contributed by atoms with Crippen LogP contribution in [0.2, 0.25) is 0 Å². The first-order chi connectivity index (χ1) is 12.8. The zero-order valence-corrected chi connectivity index (χ0v) is 15.8. The van der Waals surface area contributed by atoms with Crippen LogP contribution in [0.5, 0.6) is 17.2 Å². The number of hydrogen-bond acceptors (Lipinski definition) is 4. The Morgan fingerprint density at radius 1 is 1.00 bits per heavy atom. The largest absolute Gasteiger partial charge is 0.493 e. The fraction of sp³-hybridized carbons (Fsp3) is 0.278. The van der Waals surface area contributed by atoms with Crippen LogP contribution in [-0.2, 0) is 12.7 Å². The molecule has 0 aromatic heterocycles. The van der Waals surface area contributed by atoms with Gasteiger partial charge in [0.05, 0.1) is 26.9 Å². The molecular weight excluding hydrogens is 381 g/mol. The second-order valence-corrected chi connectivity index (χ2v) is 5.79. The molecule has 2 N–H and O–H groups in total. The normalized spacial score (nSPS) is 10.9. The number of rotatable bonds is 6. The van der Waals surface area contributed by atoms with Crippen LogP contribution in [-0.4, -0.2) is 26.4 Å². The van der Waals surface area contributed by atoms with Gasteiger partial charge in [0.2, 0.25) is 5.75 Å². The molecule has 2 rings (SSSR count). The number of alkyl halides is 3. The van der Waals surface area contributed by atoms with Crippen LogP contribution in [0.4, 0.5) is 18.9 Å². The molecule has 0 radical (unpaired) electrons. The Morgan fingerprint density at radius 2 is 1.70 bits per heavy atom. The topological polar surface area (TPSA) is 51.8 Å². The molecule has 0 saturated carbocycles. The van der Waals surface area contributed by atoms with E-state index in [0.717, 1.165) is 17.7 Å². The highest BCUT2D eigenvalue weighted by Crippen LogP contribution is 2.39. The van der Waals surface area contributed by atoms with Gasteiger partial charge < -0.3 is 24.8 Å². The summed E-state index contributed by atoms with van der Waals surface area (Å²) in [6, 6.07) is 8.30. The van der Waals surface area contributed by atoms with Crippen LogP contribution < -0.4 is 24.8 Å². The molecule has 27 heavy (non-hydrogen) atoms. The van der Waals surface area contributed by atoms with Crippen LogP contribution in [0, 0.1) is 0 Å². The third-order valence-corrected chi connectivity index (χ3v) is 3.92. The molecule has 2 aromatic carbocycles. The first-order valence-corrected chi connectivity index (χ1v) is 8.21. The molecule has 9 heteroatoms. The summed E-state index contributed by atoms with van der Waals surface area (Å²) in [5.74, 6) is 1.44. The molecule has 0 bridgehead atoms. The lowest BCUT2D eigenvalue weighted by molar-refractivity contribution is -0.137. The van der Waals surface area contributed by atoms with Crippen molar-refractivity contribution in [2.24, 2.45) is 0 Å². The Bertz CT molecular complexity index is 813. The van der Waals surface area contributed by atoms with Crippen molar-refractivity contribution in [1.82, 2.24) is 5.32 Å². The number of methoxy groups -OCH3 is 3. The summed E-state index contributed by atoms with van der Waals surface area (Å²) >= 11 is 5.16. The predicted octanol–water partition coefficient (Wildman–Crippen LogP) is 4.22. The van der Waals surface area contributed by atoms with Crippen molar-refractivity contribution in [2.75, 3.05) is 26.6 Å². The summed E-state index contributed by atoms with van der Waals surface area (Å²) in [6.07, 6.45) is -4.42. The van der Waals surface area contributed by atoms with Gasteiger partial charge in [-0.15, -0.1) is 0 Å². The molecule has 0 atom stereocenters. The maximum Gasteiger partial charge on any atom is 0.416 e. The molecule has 0 spiro atoms. The van der Waals surface area contributed by atoms with Crippen molar-refractivity contribution in [1.29, 1.82) is 0 Å². The molecule has 2 aromatic rings. The molecule has 0 aliphatic heterocycles. The second-order valence-electron chi connectivity index (χ2n) is 5.38. The molecule has 146 valence electrons. The zero-order chi connectivity index (χ0) is 20.0. The number of anilines is 1. The van der Waals surface area contributed by atoms with Gasteiger partial charge in [0.25, 0.3) is 0 Å². The Balaban J connectivity index is 2.08. The van der Waals surface area contributed by atoms with Crippen molar-refractivity contribution in [3.63, 3.8) is 0 Å². The minimum absolute atomic E-state index is 0.172. The molecule has 0 saturated heterocycles. The van der Waals surface area contributed by atoms with Gasteiger partial charge in [0.1, 0.15) is 0 Å². The van der Waals surface area contributed by atoms with Gasteiger partial charge in [0, 0.05) is 17.8 Å². The number of halogens is 3. The lowest BCUT2D eigenvalue weighted by Crippen LogP contribution is -2.28. The van der Waals surface area contributed by atoms with Crippen molar-refractivity contribution >= 4 is 23.0 Å². The summed E-state index contributed by atoms with van der Waals surface area (Å²) in [6.45, 7) is 0.272. The minimum Gasteiger partial charge on any atom is -0.493 e. The number of benzene rings is 2. The maximum atomic E-state index is 12.8. The predicted molar refractivity (Wildman–Crippen MR) is 101 cm³/mol. The lowest BCUT2D eigenvalue weighted by Gasteiger charge is -2.17. The summed E-state index contributed by atoms with van der Waals surface area (Å²) < 4.78 is 54.3. The lowest BCUT2D eigenvalue weighted by atomic mass is 10.1. The van der Waals surface area contributed by atoms with E-state index in [0.29, 0.717) is 17.2 Å². The monoisotopic (exact) mass is 400 g/mol. The number of hydrogen-bond donors (Lipinski definition) is 2. The number of ether oxygens (including phenoxy) is 3. The van der Waals surface area contributed by atoms with E-state index in [1.165, 1.54) is 33.5 Å². The van der Waals surface area contributed by atoms with Gasteiger partial charge >= 0.3 is 6.18 Å². The van der Waals surface area contributed by atoms with E-state index in [1.54, 1.807) is 12.1 Å². The Labute approximate surface area is 160 Å². The molecule has 0 unspecified atom stereocenters. The number of nitrogens with one attached hydrogen (secondary N) is 2. The van der Waals surface area contributed by atoms with Crippen molar-refractivity contribution in [3.05, 3.63) is 47.5 Å². The highest BCUT2D eigenvalue weighted by molar-refractivity contribution is 7.80. The number of thiocarbonyl (C=S) groups is 1. The van der Waals surface area contributed by atoms with Crippen molar-refractivity contribution in [2.45, 2.75) is 12.7 Å². The smallest absolute Gasteiger partial charge is 0.416 e. The second kappa shape index (κ2) is 8.81. The van der Waals surface area contributed by atoms with Crippen LogP contribution in [0.1, 0.15) is 11.1 Å². The van der Waals surface area contributed by atoms with Crippen molar-refractivity contribution < 1.29 is 27.4 Å². The average Bonchev–Trinajstić information content (AvgIpc) is 2.64. The Morgan fingerprint density at radius 3 is 2.30 bits per heavy atom. The molecule has 0 aliphatic carbocycles. The first-order valence-electron chi connectivity index (χ1n) is 7.80. The van der Waals surface area contributed by atoms with Gasteiger partial charge in [0.15, 0.2) is 16.6 Å². The van der Waals surface area contributed by atoms with Gasteiger partial charge in [-0.1, -0.05) is 6.07 Å². The van der Waals surface area contributed by atoms with E-state index in [4.69, 9.17) is 26.4 Å². The maximum absolute atomic E-state index is 12.8. The molecule has 0 heterocycles. The molecule has 5 nitrogen and oxygen atoms in total. The van der Waals surface area contributed by atoms with Crippen LogP contribution in [0.25, 0.3) is 0 Å². The SMILES string of the molecule is COc1ccc(CNC(=S)Nc2cccc(C(F)(F)F)c2)c(OC)c1OC. The van der Waals surface area contributed by atoms with Gasteiger partial charge in [-0.2, -0.15) is 13.2 Å². The van der Waals surface area contributed by atoms with E-state index >= 15 is 0 Å². The van der Waals surface area contributed by atoms with Crippen LogP contribution in [0.15, 0.2) is 36.4 Å². The molecule has 0 aliphatic rings. The molecule has 0 amide bonds. The standard InChI is InChI=1S/C18H19F3N2O3S/c1-24-14-8-7-11(15(25-2)16(14)26-3)10-22-17(27)23-13-6-4-5-12(9-13)18(19,20)21/h4-9H,10H2,1-3H3,(H2,22,23,27). The van der Waals surface area contributed by atoms with Gasteiger partial charge in [-0.25, -0.2) is 0 Å². The highest BCUT2D eigenvalue weighted by Gasteiger charge is 2.30. The summed E-state index contributed by atoms with van der Waals surface area (Å²) in [5, 5.41) is 5.84. The van der Waals surface area contributed by atoms with E-state index in [-0.39, 0.29) is 17.3 Å². The van der Waals surface area contributed by atoms with Crippen LogP contribution >= 0.6 is 12.2 Å². The quantitative estimate of drug-likeness (QED) is 0.709. The van der Waals surface area contributed by atoms with Gasteiger partial charge in [-0.3, -0.25) is 0 Å². The first kappa shape index (κ1) is 20.6. The van der Waals surface area contributed by atoms with E-state index < -0.39 is 11.7 Å². The third kappa shape index (κ3) is 5.16. The van der Waals surface area contributed by atoms with E-state index in [2.05, 4.69) is 10.6 Å². The fourth-order valence-corrected chi connectivity index (χ4v) is 2.62. The van der Waals surface area contributed by atoms with Crippen molar-refractivity contribution in [3.8, 4) is 17.2 Å². The minimum atomic E-state index is -4.42. The highest BCUT2D eigenvalue weighted by atomic mass is 32.1. The Hall–Kier alpha value is -2.68. The van der Waals surface area contributed by atoms with E-state index in [1.807, 2.05) is 0 Å². The third-order valence-electron chi connectivity index (χ3n) is 3.67. The van der Waals surface area contributed by atoms with E-state index in [9.17, 15) is 13.2 Å².